The van der Waals surface area contributed by atoms with Gasteiger partial charge < -0.3 is 0 Å². The molecule has 0 aliphatic heterocycles. The molecule has 1 atom stereocenters. The summed E-state index contributed by atoms with van der Waals surface area (Å²) in [5, 5.41) is 2.75. The van der Waals surface area contributed by atoms with E-state index in [0.717, 1.165) is 0 Å². The van der Waals surface area contributed by atoms with E-state index >= 15 is 0 Å². The van der Waals surface area contributed by atoms with Crippen LogP contribution in [-0.4, -0.2) is 18.4 Å². The third-order valence-corrected chi connectivity index (χ3v) is 2.17. The third-order valence-electron chi connectivity index (χ3n) is 1.77. The Balaban J connectivity index is 2.62. The maximum absolute atomic E-state index is 11.6. The van der Waals surface area contributed by atoms with Crippen LogP contribution in [0.1, 0.15) is 0 Å². The SMILES string of the molecule is O=c1c(NS(=O)O)c[nH]n2cccc12. The minimum atomic E-state index is -2.24. The van der Waals surface area contributed by atoms with E-state index in [1.807, 2.05) is 0 Å². The lowest BCUT2D eigenvalue weighted by atomic mass is 10.4. The standard InChI is InChI=1S/C7H7N3O3S/c11-7-5(9-14(12)13)4-8-10-3-1-2-6(7)10/h1-4,8-9H,(H,12,13). The van der Waals surface area contributed by atoms with Crippen molar-refractivity contribution in [3.8, 4) is 0 Å². The van der Waals surface area contributed by atoms with Gasteiger partial charge in [0.2, 0.25) is 5.43 Å². The molecule has 0 fully saturated rings. The summed E-state index contributed by atoms with van der Waals surface area (Å²) in [4.78, 5) is 11.6. The Hall–Kier alpha value is -1.60. The van der Waals surface area contributed by atoms with Crippen molar-refractivity contribution < 1.29 is 8.76 Å². The maximum atomic E-state index is 11.6. The van der Waals surface area contributed by atoms with Gasteiger partial charge in [-0.1, -0.05) is 0 Å². The van der Waals surface area contributed by atoms with Gasteiger partial charge in [0.25, 0.3) is 11.3 Å². The minimum absolute atomic E-state index is 0.0667. The Labute approximate surface area is 81.0 Å². The van der Waals surface area contributed by atoms with Gasteiger partial charge in [0.15, 0.2) is 0 Å². The van der Waals surface area contributed by atoms with E-state index < -0.39 is 11.3 Å². The zero-order valence-corrected chi connectivity index (χ0v) is 7.75. The number of hydrogen-bond acceptors (Lipinski definition) is 2. The van der Waals surface area contributed by atoms with Crippen LogP contribution in [0.2, 0.25) is 0 Å². The second kappa shape index (κ2) is 3.28. The van der Waals surface area contributed by atoms with Gasteiger partial charge in [0.1, 0.15) is 11.2 Å². The summed E-state index contributed by atoms with van der Waals surface area (Å²) in [5.74, 6) is 0. The van der Waals surface area contributed by atoms with Crippen molar-refractivity contribution in [2.75, 3.05) is 4.72 Å². The fourth-order valence-electron chi connectivity index (χ4n) is 1.19. The molecule has 0 radical (unpaired) electrons. The van der Waals surface area contributed by atoms with Crippen molar-refractivity contribution in [2.45, 2.75) is 0 Å². The van der Waals surface area contributed by atoms with Gasteiger partial charge in [0.05, 0.1) is 0 Å². The van der Waals surface area contributed by atoms with Crippen molar-refractivity contribution >= 4 is 22.5 Å². The zero-order chi connectivity index (χ0) is 10.1. The molecule has 2 aromatic rings. The fourth-order valence-corrected chi connectivity index (χ4v) is 1.53. The predicted molar refractivity (Wildman–Crippen MR) is 52.4 cm³/mol. The predicted octanol–water partition coefficient (Wildman–Crippen LogP) is 0.176. The molecule has 0 aliphatic rings. The second-order valence-corrected chi connectivity index (χ2v) is 3.33. The summed E-state index contributed by atoms with van der Waals surface area (Å²) in [7, 11) is 0. The number of hydrogen-bond donors (Lipinski definition) is 3. The quantitative estimate of drug-likeness (QED) is 0.622. The third kappa shape index (κ3) is 1.42. The van der Waals surface area contributed by atoms with Crippen molar-refractivity contribution in [1.29, 1.82) is 0 Å². The molecule has 14 heavy (non-hydrogen) atoms. The average molecular weight is 213 g/mol. The fraction of sp³-hybridized carbons (Fsp3) is 0. The summed E-state index contributed by atoms with van der Waals surface area (Å²) in [5.41, 5.74) is 0.161. The van der Waals surface area contributed by atoms with Gasteiger partial charge >= 0.3 is 0 Å². The molecule has 1 unspecified atom stereocenters. The highest BCUT2D eigenvalue weighted by molar-refractivity contribution is 7.80. The van der Waals surface area contributed by atoms with Crippen LogP contribution in [0.5, 0.6) is 0 Å². The van der Waals surface area contributed by atoms with Crippen LogP contribution < -0.4 is 10.2 Å². The highest BCUT2D eigenvalue weighted by Gasteiger charge is 2.05. The summed E-state index contributed by atoms with van der Waals surface area (Å²) in [6.07, 6.45) is 3.01. The Morgan fingerprint density at radius 2 is 2.36 bits per heavy atom. The summed E-state index contributed by atoms with van der Waals surface area (Å²) < 4.78 is 22.6. The second-order valence-electron chi connectivity index (χ2n) is 2.63. The van der Waals surface area contributed by atoms with Crippen LogP contribution in [0, 0.1) is 0 Å². The Morgan fingerprint density at radius 3 is 3.07 bits per heavy atom. The first-order chi connectivity index (χ1) is 6.68. The number of aromatic amines is 1. The van der Waals surface area contributed by atoms with Crippen LogP contribution in [0.3, 0.4) is 0 Å². The topological polar surface area (TPSA) is 86.6 Å². The molecule has 0 saturated heterocycles. The molecule has 6 nitrogen and oxygen atoms in total. The van der Waals surface area contributed by atoms with E-state index in [4.69, 9.17) is 4.55 Å². The average Bonchev–Trinajstić information content (AvgIpc) is 2.57. The van der Waals surface area contributed by atoms with E-state index in [1.165, 1.54) is 10.7 Å². The highest BCUT2D eigenvalue weighted by Crippen LogP contribution is 2.02. The maximum Gasteiger partial charge on any atom is 0.259 e. The smallest absolute Gasteiger partial charge is 0.259 e. The normalized spacial score (nSPS) is 12.9. The Kier molecular flexibility index (Phi) is 2.10. The number of rotatable bonds is 2. The van der Waals surface area contributed by atoms with Gasteiger partial charge in [-0.25, -0.2) is 4.21 Å². The first kappa shape index (κ1) is 8.97. The summed E-state index contributed by atoms with van der Waals surface area (Å²) >= 11 is -2.24. The molecule has 2 rings (SSSR count). The number of H-pyrrole nitrogens is 1. The minimum Gasteiger partial charge on any atom is -0.299 e. The van der Waals surface area contributed by atoms with E-state index in [0.29, 0.717) is 5.52 Å². The first-order valence-corrected chi connectivity index (χ1v) is 4.85. The number of fused-ring (bicyclic) bond motifs is 1. The molecule has 0 aliphatic carbocycles. The van der Waals surface area contributed by atoms with Crippen molar-refractivity contribution in [3.05, 3.63) is 34.7 Å². The molecule has 2 heterocycles. The van der Waals surface area contributed by atoms with Crippen LogP contribution >= 0.6 is 0 Å². The van der Waals surface area contributed by atoms with E-state index in [-0.39, 0.29) is 11.1 Å². The molecular weight excluding hydrogens is 206 g/mol. The zero-order valence-electron chi connectivity index (χ0n) is 6.93. The van der Waals surface area contributed by atoms with Gasteiger partial charge in [-0.2, -0.15) is 0 Å². The molecule has 0 spiro atoms. The van der Waals surface area contributed by atoms with Gasteiger partial charge in [-0.05, 0) is 12.1 Å². The van der Waals surface area contributed by atoms with E-state index in [1.54, 1.807) is 18.3 Å². The number of anilines is 1. The van der Waals surface area contributed by atoms with Crippen LogP contribution in [0.15, 0.2) is 29.3 Å². The van der Waals surface area contributed by atoms with Gasteiger partial charge in [-0.15, -0.1) is 0 Å². The number of nitrogens with one attached hydrogen (secondary N) is 2. The number of aromatic nitrogens is 2. The summed E-state index contributed by atoms with van der Waals surface area (Å²) in [6, 6.07) is 3.32. The molecule has 0 saturated carbocycles. The van der Waals surface area contributed by atoms with E-state index in [2.05, 4.69) is 9.82 Å². The van der Waals surface area contributed by atoms with Gasteiger partial charge in [-0.3, -0.25) is 23.7 Å². The van der Waals surface area contributed by atoms with E-state index in [9.17, 15) is 9.00 Å². The lowest BCUT2D eigenvalue weighted by molar-refractivity contribution is 0.570. The van der Waals surface area contributed by atoms with Crippen LogP contribution in [-0.2, 0) is 11.3 Å². The molecule has 2 aromatic heterocycles. The molecule has 7 heteroatoms. The van der Waals surface area contributed by atoms with Crippen LogP contribution in [0.4, 0.5) is 5.69 Å². The molecule has 0 aromatic carbocycles. The lowest BCUT2D eigenvalue weighted by Crippen LogP contribution is -2.15. The van der Waals surface area contributed by atoms with Gasteiger partial charge in [0, 0.05) is 12.4 Å². The van der Waals surface area contributed by atoms with Crippen molar-refractivity contribution in [2.24, 2.45) is 0 Å². The molecule has 74 valence electrons. The molecule has 3 N–H and O–H groups in total. The monoisotopic (exact) mass is 213 g/mol. The summed E-state index contributed by atoms with van der Waals surface area (Å²) in [6.45, 7) is 0. The van der Waals surface area contributed by atoms with Crippen LogP contribution in [0.25, 0.3) is 5.52 Å². The van der Waals surface area contributed by atoms with Crippen molar-refractivity contribution in [3.63, 3.8) is 0 Å². The molecular formula is C7H7N3O3S. The largest absolute Gasteiger partial charge is 0.299 e. The Morgan fingerprint density at radius 1 is 1.57 bits per heavy atom. The van der Waals surface area contributed by atoms with Crippen molar-refractivity contribution in [1.82, 2.24) is 9.61 Å². The molecule has 0 amide bonds. The lowest BCUT2D eigenvalue weighted by Gasteiger charge is -2.01. The highest BCUT2D eigenvalue weighted by atomic mass is 32.2. The Bertz CT molecular complexity index is 544. The number of nitrogens with zero attached hydrogens (tertiary/aromatic N) is 1. The molecule has 0 bridgehead atoms. The first-order valence-electron chi connectivity index (χ1n) is 3.75.